The Labute approximate surface area is 91.7 Å². The predicted octanol–water partition coefficient (Wildman–Crippen LogP) is -0.128. The maximum absolute atomic E-state index is 3.39. The van der Waals surface area contributed by atoms with E-state index in [1.54, 1.807) is 4.90 Å². The Morgan fingerprint density at radius 3 is 2.60 bits per heavy atom. The molecule has 3 nitrogen and oxygen atoms in total. The van der Waals surface area contributed by atoms with Crippen LogP contribution >= 0.6 is 0 Å². The molecule has 82 valence electrons. The first-order valence-electron chi connectivity index (χ1n) is 5.60. The SMILES string of the molecule is CN(C)c1cccc([NH+]2CCNCC2)c1. The maximum atomic E-state index is 3.39. The van der Waals surface area contributed by atoms with Crippen molar-refractivity contribution in [2.45, 2.75) is 0 Å². The molecule has 1 saturated heterocycles. The van der Waals surface area contributed by atoms with Gasteiger partial charge in [-0.3, -0.25) is 0 Å². The van der Waals surface area contributed by atoms with Crippen molar-refractivity contribution >= 4 is 11.4 Å². The molecule has 2 N–H and O–H groups in total. The molecular formula is C12H20N3+. The molecule has 0 aliphatic carbocycles. The van der Waals surface area contributed by atoms with Gasteiger partial charge in [0.1, 0.15) is 5.69 Å². The molecule has 0 atom stereocenters. The molecule has 0 bridgehead atoms. The second-order valence-corrected chi connectivity index (χ2v) is 4.30. The average molecular weight is 206 g/mol. The summed E-state index contributed by atoms with van der Waals surface area (Å²) in [6.07, 6.45) is 0. The van der Waals surface area contributed by atoms with Gasteiger partial charge in [-0.1, -0.05) is 6.07 Å². The van der Waals surface area contributed by atoms with Gasteiger partial charge in [0.25, 0.3) is 0 Å². The number of benzene rings is 1. The summed E-state index contributed by atoms with van der Waals surface area (Å²) in [5.41, 5.74) is 2.71. The molecule has 0 saturated carbocycles. The highest BCUT2D eigenvalue weighted by atomic mass is 15.2. The first-order valence-corrected chi connectivity index (χ1v) is 5.60. The highest BCUT2D eigenvalue weighted by Gasteiger charge is 2.15. The molecule has 0 aromatic heterocycles. The maximum Gasteiger partial charge on any atom is 0.133 e. The van der Waals surface area contributed by atoms with E-state index in [0.29, 0.717) is 0 Å². The van der Waals surface area contributed by atoms with E-state index in [4.69, 9.17) is 0 Å². The summed E-state index contributed by atoms with van der Waals surface area (Å²) in [6, 6.07) is 8.83. The molecule has 3 heteroatoms. The van der Waals surface area contributed by atoms with E-state index in [2.05, 4.69) is 48.6 Å². The predicted molar refractivity (Wildman–Crippen MR) is 64.0 cm³/mol. The highest BCUT2D eigenvalue weighted by molar-refractivity contribution is 5.51. The van der Waals surface area contributed by atoms with Gasteiger partial charge in [-0.25, -0.2) is 0 Å². The molecule has 0 spiro atoms. The smallest absolute Gasteiger partial charge is 0.133 e. The summed E-state index contributed by atoms with van der Waals surface area (Å²) in [5, 5.41) is 3.39. The molecule has 1 aromatic carbocycles. The van der Waals surface area contributed by atoms with E-state index in [0.717, 1.165) is 13.1 Å². The summed E-state index contributed by atoms with van der Waals surface area (Å²) in [4.78, 5) is 3.75. The van der Waals surface area contributed by atoms with Gasteiger partial charge in [-0.15, -0.1) is 0 Å². The van der Waals surface area contributed by atoms with Crippen LogP contribution < -0.4 is 15.1 Å². The number of nitrogens with zero attached hydrogens (tertiary/aromatic N) is 1. The van der Waals surface area contributed by atoms with Crippen molar-refractivity contribution < 1.29 is 4.90 Å². The molecule has 0 radical (unpaired) electrons. The Morgan fingerprint density at radius 1 is 1.20 bits per heavy atom. The van der Waals surface area contributed by atoms with Crippen LogP contribution in [-0.2, 0) is 0 Å². The normalized spacial score (nSPS) is 17.7. The minimum absolute atomic E-state index is 1.13. The molecule has 1 aromatic rings. The van der Waals surface area contributed by atoms with E-state index < -0.39 is 0 Å². The third-order valence-corrected chi connectivity index (χ3v) is 2.98. The van der Waals surface area contributed by atoms with Crippen LogP contribution in [0.4, 0.5) is 11.4 Å². The molecule has 1 aliphatic heterocycles. The average Bonchev–Trinajstić information content (AvgIpc) is 2.30. The Balaban J connectivity index is 2.16. The van der Waals surface area contributed by atoms with E-state index in [-0.39, 0.29) is 0 Å². The molecule has 0 amide bonds. The summed E-state index contributed by atoms with van der Waals surface area (Å²) < 4.78 is 0. The summed E-state index contributed by atoms with van der Waals surface area (Å²) in [5.74, 6) is 0. The molecule has 1 fully saturated rings. The fraction of sp³-hybridized carbons (Fsp3) is 0.500. The van der Waals surface area contributed by atoms with E-state index >= 15 is 0 Å². The van der Waals surface area contributed by atoms with Crippen LogP contribution in [0.3, 0.4) is 0 Å². The zero-order valence-corrected chi connectivity index (χ0v) is 9.59. The number of hydrogen-bond donors (Lipinski definition) is 2. The molecule has 2 rings (SSSR count). The van der Waals surface area contributed by atoms with E-state index in [1.165, 1.54) is 24.5 Å². The van der Waals surface area contributed by atoms with Gasteiger partial charge in [0.05, 0.1) is 13.1 Å². The van der Waals surface area contributed by atoms with Gasteiger partial charge in [-0.05, 0) is 12.1 Å². The van der Waals surface area contributed by atoms with Gasteiger partial charge in [-0.2, -0.15) is 0 Å². The third kappa shape index (κ3) is 2.49. The second-order valence-electron chi connectivity index (χ2n) is 4.30. The topological polar surface area (TPSA) is 19.7 Å². The monoisotopic (exact) mass is 206 g/mol. The van der Waals surface area contributed by atoms with Crippen molar-refractivity contribution in [2.24, 2.45) is 0 Å². The fourth-order valence-corrected chi connectivity index (χ4v) is 2.02. The van der Waals surface area contributed by atoms with Crippen molar-refractivity contribution in [1.82, 2.24) is 5.32 Å². The summed E-state index contributed by atoms with van der Waals surface area (Å²) in [6.45, 7) is 4.64. The van der Waals surface area contributed by atoms with Gasteiger partial charge >= 0.3 is 0 Å². The van der Waals surface area contributed by atoms with E-state index in [1.807, 2.05) is 0 Å². The van der Waals surface area contributed by atoms with Crippen LogP contribution in [-0.4, -0.2) is 40.3 Å². The van der Waals surface area contributed by atoms with Crippen LogP contribution in [0.5, 0.6) is 0 Å². The quantitative estimate of drug-likeness (QED) is 0.703. The molecule has 1 heterocycles. The lowest BCUT2D eigenvalue weighted by atomic mass is 10.2. The van der Waals surface area contributed by atoms with Crippen LogP contribution in [0, 0.1) is 0 Å². The van der Waals surface area contributed by atoms with Gasteiger partial charge in [0, 0.05) is 38.9 Å². The Hall–Kier alpha value is -1.06. The van der Waals surface area contributed by atoms with Crippen LogP contribution in [0.1, 0.15) is 0 Å². The van der Waals surface area contributed by atoms with Crippen molar-refractivity contribution in [2.75, 3.05) is 45.2 Å². The Bertz CT molecular complexity index is 316. The third-order valence-electron chi connectivity index (χ3n) is 2.98. The molecule has 15 heavy (non-hydrogen) atoms. The summed E-state index contributed by atoms with van der Waals surface area (Å²) in [7, 11) is 4.18. The number of anilines is 1. The largest absolute Gasteiger partial charge is 0.377 e. The molecule has 0 unspecified atom stereocenters. The van der Waals surface area contributed by atoms with Crippen LogP contribution in [0.15, 0.2) is 24.3 Å². The van der Waals surface area contributed by atoms with Gasteiger partial charge in [0.15, 0.2) is 0 Å². The highest BCUT2D eigenvalue weighted by Crippen LogP contribution is 2.14. The molecular weight excluding hydrogens is 186 g/mol. The first kappa shape index (κ1) is 10.5. The van der Waals surface area contributed by atoms with Gasteiger partial charge < -0.3 is 15.1 Å². The van der Waals surface area contributed by atoms with Crippen molar-refractivity contribution in [3.8, 4) is 0 Å². The Morgan fingerprint density at radius 2 is 1.93 bits per heavy atom. The lowest BCUT2D eigenvalue weighted by molar-refractivity contribution is -0.834. The van der Waals surface area contributed by atoms with Crippen LogP contribution in [0.2, 0.25) is 0 Å². The van der Waals surface area contributed by atoms with Crippen molar-refractivity contribution in [3.63, 3.8) is 0 Å². The zero-order chi connectivity index (χ0) is 10.7. The number of rotatable bonds is 2. The number of hydrogen-bond acceptors (Lipinski definition) is 2. The van der Waals surface area contributed by atoms with Gasteiger partial charge in [0.2, 0.25) is 0 Å². The zero-order valence-electron chi connectivity index (χ0n) is 9.59. The first-order chi connectivity index (χ1) is 7.27. The lowest BCUT2D eigenvalue weighted by Gasteiger charge is -2.24. The van der Waals surface area contributed by atoms with Crippen LogP contribution in [0.25, 0.3) is 0 Å². The Kier molecular flexibility index (Phi) is 3.23. The summed E-state index contributed by atoms with van der Waals surface area (Å²) >= 11 is 0. The van der Waals surface area contributed by atoms with Crippen molar-refractivity contribution in [3.05, 3.63) is 24.3 Å². The standard InChI is InChI=1S/C12H19N3/c1-14(2)11-4-3-5-12(10-11)15-8-6-13-7-9-15/h3-5,10,13H,6-9H2,1-2H3/p+1. The lowest BCUT2D eigenvalue weighted by Crippen LogP contribution is -3.10. The second kappa shape index (κ2) is 4.64. The fourth-order valence-electron chi connectivity index (χ4n) is 2.02. The number of nitrogens with one attached hydrogen (secondary N) is 2. The minimum Gasteiger partial charge on any atom is -0.377 e. The molecule has 1 aliphatic rings. The number of quaternary nitrogens is 1. The minimum atomic E-state index is 1.13. The number of piperazine rings is 1. The van der Waals surface area contributed by atoms with E-state index in [9.17, 15) is 0 Å². The van der Waals surface area contributed by atoms with Crippen molar-refractivity contribution in [1.29, 1.82) is 0 Å².